The Morgan fingerprint density at radius 2 is 0.816 bits per heavy atom. The van der Waals surface area contributed by atoms with Crippen LogP contribution in [0.3, 0.4) is 0 Å². The summed E-state index contributed by atoms with van der Waals surface area (Å²) in [5, 5.41) is 2.19. The van der Waals surface area contributed by atoms with Gasteiger partial charge in [0, 0.05) is 10.6 Å². The molecule has 0 saturated heterocycles. The van der Waals surface area contributed by atoms with Gasteiger partial charge in [-0.05, 0) is 66.9 Å². The third-order valence-corrected chi connectivity index (χ3v) is 11.1. The van der Waals surface area contributed by atoms with E-state index in [1.54, 1.807) is 0 Å². The van der Waals surface area contributed by atoms with Gasteiger partial charge in [-0.1, -0.05) is 166 Å². The highest BCUT2D eigenvalue weighted by molar-refractivity contribution is 8.09. The summed E-state index contributed by atoms with van der Waals surface area (Å²) in [7, 11) is 0. The van der Waals surface area contributed by atoms with E-state index in [9.17, 15) is 0 Å². The first kappa shape index (κ1) is 34.7. The minimum Gasteiger partial charge on any atom is -0.0727 e. The highest BCUT2D eigenvalue weighted by Gasteiger charge is 2.36. The largest absolute Gasteiger partial charge is 0.117 e. The van der Waals surface area contributed by atoms with E-state index in [0.29, 0.717) is 0 Å². The van der Waals surface area contributed by atoms with Gasteiger partial charge in [-0.15, -0.1) is 0 Å². The predicted molar refractivity (Wildman–Crippen MR) is 181 cm³/mol. The van der Waals surface area contributed by atoms with Gasteiger partial charge >= 0.3 is 0 Å². The molecular formula is C32H48Cl4P2. The summed E-state index contributed by atoms with van der Waals surface area (Å²) in [6.07, 6.45) is 0.786. The fraction of sp³-hybridized carbons (Fsp3) is 0.625. The van der Waals surface area contributed by atoms with Crippen molar-refractivity contribution >= 4 is 68.8 Å². The lowest BCUT2D eigenvalue weighted by atomic mass is 9.72. The molecule has 2 aromatic carbocycles. The second-order valence-electron chi connectivity index (χ2n) is 15.5. The molecule has 214 valence electrons. The van der Waals surface area contributed by atoms with E-state index in [2.05, 4.69) is 121 Å². The van der Waals surface area contributed by atoms with Crippen molar-refractivity contribution in [1.29, 1.82) is 0 Å². The predicted octanol–water partition coefficient (Wildman–Crippen LogP) is 12.2. The summed E-state index contributed by atoms with van der Waals surface area (Å²) in [6.45, 7) is 29.0. The van der Waals surface area contributed by atoms with Crippen LogP contribution in [0.5, 0.6) is 0 Å². The molecular weight excluding hydrogens is 588 g/mol. The van der Waals surface area contributed by atoms with Crippen molar-refractivity contribution in [2.75, 3.05) is 0 Å². The van der Waals surface area contributed by atoms with Crippen molar-refractivity contribution in [3.05, 3.63) is 57.6 Å². The number of hydrogen-bond acceptors (Lipinski definition) is 0. The first-order valence-corrected chi connectivity index (χ1v) is 19.7. The van der Waals surface area contributed by atoms with Crippen LogP contribution >= 0.6 is 58.2 Å². The first-order chi connectivity index (χ1) is 16.8. The maximum Gasteiger partial charge on any atom is 0.117 e. The molecule has 0 atom stereocenters. The van der Waals surface area contributed by atoms with Crippen molar-refractivity contribution in [3.63, 3.8) is 0 Å². The molecule has 0 amide bonds. The zero-order valence-corrected chi connectivity index (χ0v) is 30.7. The molecule has 0 unspecified atom stereocenters. The van der Waals surface area contributed by atoms with E-state index < -0.39 is 13.3 Å². The third-order valence-electron chi connectivity index (χ3n) is 7.35. The maximum absolute atomic E-state index is 6.84. The molecule has 2 rings (SSSR count). The van der Waals surface area contributed by atoms with Crippen molar-refractivity contribution in [2.24, 2.45) is 0 Å². The molecule has 0 aliphatic carbocycles. The monoisotopic (exact) mass is 634 g/mol. The second kappa shape index (κ2) is 11.6. The Labute approximate surface area is 255 Å². The molecule has 0 N–H and O–H groups in total. The van der Waals surface area contributed by atoms with Gasteiger partial charge in [0.05, 0.1) is 0 Å². The molecule has 0 aliphatic rings. The van der Waals surface area contributed by atoms with Crippen LogP contribution in [0.15, 0.2) is 24.3 Å². The van der Waals surface area contributed by atoms with Crippen LogP contribution < -0.4 is 10.6 Å². The molecule has 0 aromatic heterocycles. The Hall–Kier alpha value is 0.460. The average Bonchev–Trinajstić information content (AvgIpc) is 2.68. The van der Waals surface area contributed by atoms with Gasteiger partial charge < -0.3 is 0 Å². The lowest BCUT2D eigenvalue weighted by Crippen LogP contribution is -2.35. The van der Waals surface area contributed by atoms with Crippen LogP contribution in [0, 0.1) is 0 Å². The highest BCUT2D eigenvalue weighted by Crippen LogP contribution is 2.53. The summed E-state index contributed by atoms with van der Waals surface area (Å²) in [4.78, 5) is 0. The number of rotatable bonds is 5. The Morgan fingerprint density at radius 1 is 0.474 bits per heavy atom. The topological polar surface area (TPSA) is 0 Å². The number of benzene rings is 2. The van der Waals surface area contributed by atoms with Crippen LogP contribution in [0.4, 0.5) is 0 Å². The zero-order chi connectivity index (χ0) is 29.8. The molecule has 0 fully saturated rings. The van der Waals surface area contributed by atoms with Crippen LogP contribution in [-0.4, -0.2) is 0 Å². The van der Waals surface area contributed by atoms with Crippen LogP contribution in [0.25, 0.3) is 0 Å². The number of halogens is 4. The maximum atomic E-state index is 6.84. The molecule has 2 aromatic rings. The summed E-state index contributed by atoms with van der Waals surface area (Å²) >= 11 is 27.3. The van der Waals surface area contributed by atoms with Gasteiger partial charge in [0.1, 0.15) is 13.3 Å². The van der Waals surface area contributed by atoms with E-state index in [4.69, 9.17) is 45.0 Å². The first-order valence-electron chi connectivity index (χ1n) is 13.4. The normalized spacial score (nSPS) is 14.1. The Balaban J connectivity index is 2.98. The summed E-state index contributed by atoms with van der Waals surface area (Å²) in [6, 6.07) is 9.35. The highest BCUT2D eigenvalue weighted by atomic mass is 35.9. The van der Waals surface area contributed by atoms with Crippen molar-refractivity contribution in [2.45, 2.75) is 130 Å². The lowest BCUT2D eigenvalue weighted by Gasteiger charge is -2.37. The van der Waals surface area contributed by atoms with E-state index in [-0.39, 0.29) is 27.1 Å². The minimum absolute atomic E-state index is 0.00385. The van der Waals surface area contributed by atoms with Gasteiger partial charge in [0.2, 0.25) is 0 Å². The smallest absolute Gasteiger partial charge is 0.0727 e. The van der Waals surface area contributed by atoms with Gasteiger partial charge in [-0.2, -0.15) is 0 Å². The van der Waals surface area contributed by atoms with Crippen molar-refractivity contribution in [1.82, 2.24) is 0 Å². The zero-order valence-electron chi connectivity index (χ0n) is 25.9. The average molecular weight is 636 g/mol. The molecule has 38 heavy (non-hydrogen) atoms. The fourth-order valence-electron chi connectivity index (χ4n) is 4.94. The molecule has 0 aliphatic heterocycles. The van der Waals surface area contributed by atoms with Crippen molar-refractivity contribution in [3.8, 4) is 0 Å². The number of hydrogen-bond donors (Lipinski definition) is 0. The van der Waals surface area contributed by atoms with Gasteiger partial charge in [0.25, 0.3) is 0 Å². The standard InChI is InChI=1S/C32H48Cl4P2/c1-28(2,3)21-15-20(26(37(33)34)23(16-21)30(7,8)9)19-32(13,14)25-18-22(29(4,5)6)17-24(31(10,11)12)27(25)38(35)36/h15-18H,19H2,1-14H3. The van der Waals surface area contributed by atoms with Crippen LogP contribution in [0.2, 0.25) is 0 Å². The molecule has 0 nitrogen and oxygen atoms in total. The molecule has 0 heterocycles. The van der Waals surface area contributed by atoms with Crippen LogP contribution in [-0.2, 0) is 33.5 Å². The quantitative estimate of drug-likeness (QED) is 0.287. The van der Waals surface area contributed by atoms with E-state index >= 15 is 0 Å². The van der Waals surface area contributed by atoms with Gasteiger partial charge in [0.15, 0.2) is 0 Å². The fourth-order valence-corrected chi connectivity index (χ4v) is 9.31. The van der Waals surface area contributed by atoms with E-state index in [1.165, 1.54) is 33.4 Å². The summed E-state index contributed by atoms with van der Waals surface area (Å²) in [5.74, 6) is 0. The van der Waals surface area contributed by atoms with Gasteiger partial charge in [-0.25, -0.2) is 0 Å². The molecule has 0 saturated carbocycles. The van der Waals surface area contributed by atoms with E-state index in [1.807, 2.05) is 0 Å². The lowest BCUT2D eigenvalue weighted by molar-refractivity contribution is 0.512. The van der Waals surface area contributed by atoms with E-state index in [0.717, 1.165) is 17.0 Å². The second-order valence-corrected chi connectivity index (χ2v) is 22.4. The van der Waals surface area contributed by atoms with Crippen molar-refractivity contribution < 1.29 is 0 Å². The SMILES string of the molecule is CC(C)(C)c1cc(CC(C)(C)c2cc(C(C)(C)C)cc(C(C)(C)C)c2P(Cl)Cl)c(P(Cl)Cl)c(C(C)(C)C)c1. The molecule has 0 bridgehead atoms. The third kappa shape index (κ3) is 8.05. The molecule has 0 radical (unpaired) electrons. The molecule has 6 heteroatoms. The van der Waals surface area contributed by atoms with Crippen LogP contribution in [0.1, 0.15) is 130 Å². The Morgan fingerprint density at radius 3 is 1.16 bits per heavy atom. The minimum atomic E-state index is -1.36. The summed E-state index contributed by atoms with van der Waals surface area (Å²) < 4.78 is 0. The molecule has 0 spiro atoms. The Kier molecular flexibility index (Phi) is 10.6. The Bertz CT molecular complexity index is 1150. The van der Waals surface area contributed by atoms with Gasteiger partial charge in [-0.3, -0.25) is 0 Å². The summed E-state index contributed by atoms with van der Waals surface area (Å²) in [5.41, 5.74) is 7.07.